The van der Waals surface area contributed by atoms with E-state index in [9.17, 15) is 10.1 Å². The summed E-state index contributed by atoms with van der Waals surface area (Å²) in [5.74, 6) is 0.624. The van der Waals surface area contributed by atoms with Crippen molar-refractivity contribution in [1.82, 2.24) is 0 Å². The molecule has 2 unspecified atom stereocenters. The molecule has 4 nitrogen and oxygen atoms in total. The first-order valence-electron chi connectivity index (χ1n) is 7.09. The van der Waals surface area contributed by atoms with Crippen LogP contribution in [0.5, 0.6) is 5.75 Å². The van der Waals surface area contributed by atoms with Crippen LogP contribution in [0, 0.1) is 22.5 Å². The van der Waals surface area contributed by atoms with Crippen LogP contribution >= 0.6 is 11.6 Å². The van der Waals surface area contributed by atoms with Crippen molar-refractivity contribution in [3.05, 3.63) is 33.9 Å². The molecule has 0 aliphatic heterocycles. The van der Waals surface area contributed by atoms with E-state index >= 15 is 0 Å². The second-order valence-corrected chi connectivity index (χ2v) is 6.43. The van der Waals surface area contributed by atoms with Gasteiger partial charge >= 0.3 is 0 Å². The summed E-state index contributed by atoms with van der Waals surface area (Å²) in [4.78, 5) is 10.6. The second-order valence-electron chi connectivity index (χ2n) is 5.91. The van der Waals surface area contributed by atoms with Crippen LogP contribution in [-0.4, -0.2) is 16.4 Å². The third kappa shape index (κ3) is 1.97. The Balaban J connectivity index is 1.82. The maximum Gasteiger partial charge on any atom is 0.276 e. The first-order chi connectivity index (χ1) is 9.54. The monoisotopic (exact) mass is 295 g/mol. The van der Waals surface area contributed by atoms with Gasteiger partial charge in [0.05, 0.1) is 10.5 Å². The van der Waals surface area contributed by atoms with Crippen molar-refractivity contribution in [3.8, 4) is 5.75 Å². The molecular weight excluding hydrogens is 278 g/mol. The average molecular weight is 296 g/mol. The van der Waals surface area contributed by atoms with E-state index in [4.69, 9.17) is 16.3 Å². The van der Waals surface area contributed by atoms with Crippen LogP contribution in [0.2, 0.25) is 0 Å². The topological polar surface area (TPSA) is 52.4 Å². The molecule has 0 bridgehead atoms. The van der Waals surface area contributed by atoms with Gasteiger partial charge in [-0.2, -0.15) is 0 Å². The number of rotatable bonds is 3. The third-order valence-electron chi connectivity index (χ3n) is 4.94. The fourth-order valence-electron chi connectivity index (χ4n) is 3.61. The molecule has 0 aromatic heterocycles. The summed E-state index contributed by atoms with van der Waals surface area (Å²) in [6.45, 7) is 1.74. The number of hydrogen-bond donors (Lipinski definition) is 0. The van der Waals surface area contributed by atoms with Gasteiger partial charge in [-0.3, -0.25) is 10.1 Å². The molecule has 1 aromatic rings. The third-order valence-corrected chi connectivity index (χ3v) is 5.55. The summed E-state index contributed by atoms with van der Waals surface area (Å²) in [7, 11) is 0. The van der Waals surface area contributed by atoms with E-state index in [1.807, 2.05) is 6.07 Å². The molecule has 0 heterocycles. The highest BCUT2D eigenvalue weighted by Gasteiger charge is 2.57. The van der Waals surface area contributed by atoms with Gasteiger partial charge in [-0.15, -0.1) is 11.6 Å². The van der Waals surface area contributed by atoms with Crippen LogP contribution in [0.15, 0.2) is 18.2 Å². The molecule has 0 N–H and O–H groups in total. The van der Waals surface area contributed by atoms with Gasteiger partial charge in [0, 0.05) is 23.3 Å². The SMILES string of the molecule is Cc1c(OC2CC(Cl)C23CCCC3)cccc1[N+](=O)[O-]. The molecule has 0 saturated heterocycles. The van der Waals surface area contributed by atoms with Crippen molar-refractivity contribution in [2.75, 3.05) is 0 Å². The Labute approximate surface area is 123 Å². The highest BCUT2D eigenvalue weighted by molar-refractivity contribution is 6.21. The van der Waals surface area contributed by atoms with Crippen LogP contribution in [0.3, 0.4) is 0 Å². The summed E-state index contributed by atoms with van der Waals surface area (Å²) in [6.07, 6.45) is 5.57. The normalized spacial score (nSPS) is 27.3. The predicted octanol–water partition coefficient (Wildman–Crippen LogP) is 4.22. The Bertz CT molecular complexity index is 540. The fraction of sp³-hybridized carbons (Fsp3) is 0.600. The van der Waals surface area contributed by atoms with E-state index in [1.165, 1.54) is 18.9 Å². The summed E-state index contributed by atoms with van der Waals surface area (Å²) >= 11 is 6.41. The van der Waals surface area contributed by atoms with Crippen molar-refractivity contribution in [1.29, 1.82) is 0 Å². The minimum absolute atomic E-state index is 0.0958. The van der Waals surface area contributed by atoms with Gasteiger partial charge in [-0.25, -0.2) is 0 Å². The lowest BCUT2D eigenvalue weighted by Gasteiger charge is -2.51. The predicted molar refractivity (Wildman–Crippen MR) is 77.4 cm³/mol. The number of nitro groups is 1. The van der Waals surface area contributed by atoms with Crippen LogP contribution < -0.4 is 4.74 Å². The molecule has 5 heteroatoms. The van der Waals surface area contributed by atoms with Crippen molar-refractivity contribution >= 4 is 17.3 Å². The molecule has 0 radical (unpaired) electrons. The molecule has 2 aliphatic carbocycles. The van der Waals surface area contributed by atoms with Gasteiger partial charge in [0.25, 0.3) is 5.69 Å². The van der Waals surface area contributed by atoms with Gasteiger partial charge in [-0.05, 0) is 25.8 Å². The van der Waals surface area contributed by atoms with Gasteiger partial charge in [-0.1, -0.05) is 18.9 Å². The molecule has 2 fully saturated rings. The number of nitro benzene ring substituents is 1. The molecule has 2 saturated carbocycles. The molecule has 2 aliphatic rings. The zero-order chi connectivity index (χ0) is 14.3. The number of halogens is 1. The summed E-state index contributed by atoms with van der Waals surface area (Å²) in [5.41, 5.74) is 0.812. The minimum atomic E-state index is -0.362. The van der Waals surface area contributed by atoms with E-state index in [0.717, 1.165) is 19.3 Å². The standard InChI is InChI=1S/C15H18ClNO3/c1-10-11(17(18)19)5-4-6-12(10)20-14-9-13(16)15(14)7-2-3-8-15/h4-6,13-14H,2-3,7-9H2,1H3. The molecule has 108 valence electrons. The van der Waals surface area contributed by atoms with E-state index < -0.39 is 0 Å². The summed E-state index contributed by atoms with van der Waals surface area (Å²) in [6, 6.07) is 5.00. The van der Waals surface area contributed by atoms with Crippen molar-refractivity contribution in [2.45, 2.75) is 50.5 Å². The lowest BCUT2D eigenvalue weighted by Crippen LogP contribution is -2.55. The number of ether oxygens (including phenoxy) is 1. The lowest BCUT2D eigenvalue weighted by atomic mass is 9.64. The van der Waals surface area contributed by atoms with Crippen LogP contribution in [0.1, 0.15) is 37.7 Å². The van der Waals surface area contributed by atoms with E-state index in [0.29, 0.717) is 11.3 Å². The minimum Gasteiger partial charge on any atom is -0.489 e. The van der Waals surface area contributed by atoms with Gasteiger partial charge in [0.1, 0.15) is 11.9 Å². The quantitative estimate of drug-likeness (QED) is 0.476. The molecule has 2 atom stereocenters. The first kappa shape index (κ1) is 13.7. The van der Waals surface area contributed by atoms with Crippen LogP contribution in [-0.2, 0) is 0 Å². The Morgan fingerprint density at radius 3 is 2.70 bits per heavy atom. The zero-order valence-corrected chi connectivity index (χ0v) is 12.2. The lowest BCUT2D eigenvalue weighted by molar-refractivity contribution is -0.385. The first-order valence-corrected chi connectivity index (χ1v) is 7.53. The van der Waals surface area contributed by atoms with E-state index in [-0.39, 0.29) is 27.5 Å². The Morgan fingerprint density at radius 2 is 2.10 bits per heavy atom. The van der Waals surface area contributed by atoms with E-state index in [2.05, 4.69) is 0 Å². The van der Waals surface area contributed by atoms with Crippen molar-refractivity contribution < 1.29 is 9.66 Å². The Kier molecular flexibility index (Phi) is 3.36. The van der Waals surface area contributed by atoms with Crippen molar-refractivity contribution in [2.24, 2.45) is 5.41 Å². The van der Waals surface area contributed by atoms with Gasteiger partial charge < -0.3 is 4.74 Å². The Hall–Kier alpha value is -1.29. The zero-order valence-electron chi connectivity index (χ0n) is 11.5. The largest absolute Gasteiger partial charge is 0.489 e. The highest BCUT2D eigenvalue weighted by atomic mass is 35.5. The number of hydrogen-bond acceptors (Lipinski definition) is 3. The molecule has 1 aromatic carbocycles. The molecule has 20 heavy (non-hydrogen) atoms. The molecule has 3 rings (SSSR count). The maximum atomic E-state index is 11.0. The number of alkyl halides is 1. The number of benzene rings is 1. The summed E-state index contributed by atoms with van der Waals surface area (Å²) < 4.78 is 6.09. The van der Waals surface area contributed by atoms with Crippen molar-refractivity contribution in [3.63, 3.8) is 0 Å². The summed E-state index contributed by atoms with van der Waals surface area (Å²) in [5, 5.41) is 11.2. The molecular formula is C15H18ClNO3. The smallest absolute Gasteiger partial charge is 0.276 e. The maximum absolute atomic E-state index is 11.0. The Morgan fingerprint density at radius 1 is 1.40 bits per heavy atom. The van der Waals surface area contributed by atoms with Gasteiger partial charge in [0.2, 0.25) is 0 Å². The number of nitrogens with zero attached hydrogens (tertiary/aromatic N) is 1. The van der Waals surface area contributed by atoms with Gasteiger partial charge in [0.15, 0.2) is 0 Å². The van der Waals surface area contributed by atoms with E-state index in [1.54, 1.807) is 13.0 Å². The molecule has 0 amide bonds. The second kappa shape index (κ2) is 4.92. The highest BCUT2D eigenvalue weighted by Crippen LogP contribution is 2.57. The average Bonchev–Trinajstić information content (AvgIpc) is 2.92. The fourth-order valence-corrected chi connectivity index (χ4v) is 4.13. The van der Waals surface area contributed by atoms with Crippen LogP contribution in [0.4, 0.5) is 5.69 Å². The van der Waals surface area contributed by atoms with Crippen LogP contribution in [0.25, 0.3) is 0 Å². The molecule has 1 spiro atoms.